The lowest BCUT2D eigenvalue weighted by atomic mass is 10.1. The maximum atomic E-state index is 11.9. The number of carbonyl (C=O) groups excluding carboxylic acids is 2. The smallest absolute Gasteiger partial charge is 0.317 e. The van der Waals surface area contributed by atoms with Crippen molar-refractivity contribution in [3.05, 3.63) is 0 Å². The van der Waals surface area contributed by atoms with Crippen LogP contribution in [0.2, 0.25) is 0 Å². The van der Waals surface area contributed by atoms with Crippen molar-refractivity contribution in [1.82, 2.24) is 15.1 Å². The summed E-state index contributed by atoms with van der Waals surface area (Å²) >= 11 is 0. The van der Waals surface area contributed by atoms with E-state index in [1.54, 1.807) is 14.0 Å². The zero-order chi connectivity index (χ0) is 11.0. The van der Waals surface area contributed by atoms with Crippen LogP contribution < -0.4 is 5.32 Å². The number of amides is 3. The lowest BCUT2D eigenvalue weighted by Crippen LogP contribution is -2.46. The zero-order valence-corrected chi connectivity index (χ0v) is 9.19. The highest BCUT2D eigenvalue weighted by molar-refractivity contribution is 6.04. The van der Waals surface area contributed by atoms with Crippen molar-refractivity contribution in [3.8, 4) is 0 Å². The first-order valence-electron chi connectivity index (χ1n) is 5.43. The van der Waals surface area contributed by atoms with E-state index in [2.05, 4.69) is 5.32 Å². The second-order valence-corrected chi connectivity index (χ2v) is 4.26. The predicted octanol–water partition coefficient (Wildman–Crippen LogP) is 0.0209. The van der Waals surface area contributed by atoms with Crippen LogP contribution in [0.4, 0.5) is 4.79 Å². The van der Waals surface area contributed by atoms with Crippen LogP contribution in [0.3, 0.4) is 0 Å². The number of nitrogens with zero attached hydrogens (tertiary/aromatic N) is 2. The Balaban J connectivity index is 2.14. The van der Waals surface area contributed by atoms with Crippen molar-refractivity contribution < 1.29 is 9.59 Å². The molecule has 5 heteroatoms. The Morgan fingerprint density at radius 2 is 1.87 bits per heavy atom. The molecule has 84 valence electrons. The minimum atomic E-state index is -0.299. The van der Waals surface area contributed by atoms with Gasteiger partial charge in [-0.2, -0.15) is 0 Å². The molecule has 2 aliphatic rings. The Morgan fingerprint density at radius 1 is 1.27 bits per heavy atom. The molecule has 0 aromatic carbocycles. The zero-order valence-electron chi connectivity index (χ0n) is 9.19. The molecular weight excluding hydrogens is 194 g/mol. The van der Waals surface area contributed by atoms with Crippen LogP contribution in [0.1, 0.15) is 19.8 Å². The molecule has 2 rings (SSSR count). The van der Waals surface area contributed by atoms with Gasteiger partial charge in [0.2, 0.25) is 0 Å². The Bertz CT molecular complexity index is 266. The molecule has 1 atom stereocenters. The Labute approximate surface area is 89.4 Å². The van der Waals surface area contributed by atoms with Crippen LogP contribution in [0, 0.1) is 0 Å². The molecule has 2 saturated heterocycles. The summed E-state index contributed by atoms with van der Waals surface area (Å²) in [4.78, 5) is 26.7. The predicted molar refractivity (Wildman–Crippen MR) is 55.4 cm³/mol. The van der Waals surface area contributed by atoms with Crippen molar-refractivity contribution in [2.45, 2.75) is 31.8 Å². The minimum Gasteiger partial charge on any atom is -0.317 e. The van der Waals surface area contributed by atoms with Gasteiger partial charge in [0, 0.05) is 13.1 Å². The van der Waals surface area contributed by atoms with Crippen LogP contribution >= 0.6 is 0 Å². The number of carbonyl (C=O) groups is 2. The van der Waals surface area contributed by atoms with Gasteiger partial charge in [-0.1, -0.05) is 0 Å². The molecule has 0 spiro atoms. The molecule has 3 amide bonds. The highest BCUT2D eigenvalue weighted by Gasteiger charge is 2.43. The van der Waals surface area contributed by atoms with Gasteiger partial charge in [0.05, 0.1) is 0 Å². The van der Waals surface area contributed by atoms with Crippen LogP contribution in [-0.2, 0) is 4.79 Å². The van der Waals surface area contributed by atoms with Crippen molar-refractivity contribution in [2.24, 2.45) is 0 Å². The van der Waals surface area contributed by atoms with E-state index >= 15 is 0 Å². The molecule has 0 saturated carbocycles. The first-order chi connectivity index (χ1) is 7.13. The molecule has 0 aliphatic carbocycles. The fourth-order valence-electron chi connectivity index (χ4n) is 2.20. The third-order valence-corrected chi connectivity index (χ3v) is 3.36. The van der Waals surface area contributed by atoms with E-state index in [-0.39, 0.29) is 24.0 Å². The molecule has 2 fully saturated rings. The fourth-order valence-corrected chi connectivity index (χ4v) is 2.20. The Kier molecular flexibility index (Phi) is 2.65. The lowest BCUT2D eigenvalue weighted by molar-refractivity contribution is -0.129. The van der Waals surface area contributed by atoms with Crippen molar-refractivity contribution in [2.75, 3.05) is 20.1 Å². The molecule has 2 aliphatic heterocycles. The summed E-state index contributed by atoms with van der Waals surface area (Å²) < 4.78 is 0. The Hall–Kier alpha value is -1.10. The number of rotatable bonds is 1. The van der Waals surface area contributed by atoms with Crippen LogP contribution in [0.5, 0.6) is 0 Å². The monoisotopic (exact) mass is 211 g/mol. The minimum absolute atomic E-state index is 0.0469. The van der Waals surface area contributed by atoms with E-state index in [1.807, 2.05) is 0 Å². The van der Waals surface area contributed by atoms with E-state index in [1.165, 1.54) is 9.80 Å². The topological polar surface area (TPSA) is 52.7 Å². The molecule has 15 heavy (non-hydrogen) atoms. The molecule has 0 bridgehead atoms. The molecular formula is C10H17N3O2. The number of piperidine rings is 1. The molecule has 0 aromatic heterocycles. The third kappa shape index (κ3) is 1.61. The largest absolute Gasteiger partial charge is 0.327 e. The number of imide groups is 1. The summed E-state index contributed by atoms with van der Waals surface area (Å²) in [5.74, 6) is -0.0469. The number of hydrogen-bond acceptors (Lipinski definition) is 3. The average molecular weight is 211 g/mol. The highest BCUT2D eigenvalue weighted by atomic mass is 16.2. The number of nitrogens with one attached hydrogen (secondary N) is 1. The van der Waals surface area contributed by atoms with Gasteiger partial charge in [0.1, 0.15) is 6.04 Å². The fraction of sp³-hybridized carbons (Fsp3) is 0.800. The van der Waals surface area contributed by atoms with Crippen LogP contribution in [0.15, 0.2) is 0 Å². The summed E-state index contributed by atoms with van der Waals surface area (Å²) in [6.07, 6.45) is 1.75. The van der Waals surface area contributed by atoms with E-state index < -0.39 is 0 Å². The molecule has 2 heterocycles. The molecule has 1 N–H and O–H groups in total. The van der Waals surface area contributed by atoms with E-state index in [0.717, 1.165) is 25.9 Å². The molecule has 0 unspecified atom stereocenters. The first kappa shape index (κ1) is 10.4. The summed E-state index contributed by atoms with van der Waals surface area (Å²) in [6, 6.07) is -0.342. The summed E-state index contributed by atoms with van der Waals surface area (Å²) in [5.41, 5.74) is 0. The quantitative estimate of drug-likeness (QED) is 0.622. The molecule has 5 nitrogen and oxygen atoms in total. The second-order valence-electron chi connectivity index (χ2n) is 4.26. The average Bonchev–Trinajstić information content (AvgIpc) is 2.45. The molecule has 0 radical (unpaired) electrons. The molecule has 0 aromatic rings. The maximum absolute atomic E-state index is 11.9. The van der Waals surface area contributed by atoms with Crippen molar-refractivity contribution in [1.29, 1.82) is 0 Å². The van der Waals surface area contributed by atoms with Gasteiger partial charge in [-0.05, 0) is 32.9 Å². The van der Waals surface area contributed by atoms with Crippen LogP contribution in [-0.4, -0.2) is 54.0 Å². The van der Waals surface area contributed by atoms with Gasteiger partial charge in [-0.25, -0.2) is 4.79 Å². The Morgan fingerprint density at radius 3 is 2.33 bits per heavy atom. The van der Waals surface area contributed by atoms with Crippen molar-refractivity contribution >= 4 is 11.9 Å². The number of hydrogen-bond donors (Lipinski definition) is 1. The summed E-state index contributed by atoms with van der Waals surface area (Å²) in [6.45, 7) is 3.56. The second kappa shape index (κ2) is 3.81. The summed E-state index contributed by atoms with van der Waals surface area (Å²) in [7, 11) is 1.69. The summed E-state index contributed by atoms with van der Waals surface area (Å²) in [5, 5.41) is 3.23. The highest BCUT2D eigenvalue weighted by Crippen LogP contribution is 2.22. The number of likely N-dealkylation sites (N-methyl/N-ethyl adjacent to an activating group) is 1. The van der Waals surface area contributed by atoms with Gasteiger partial charge >= 0.3 is 6.03 Å². The number of urea groups is 1. The lowest BCUT2D eigenvalue weighted by Gasteiger charge is -2.29. The third-order valence-electron chi connectivity index (χ3n) is 3.36. The van der Waals surface area contributed by atoms with Gasteiger partial charge in [-0.3, -0.25) is 9.69 Å². The van der Waals surface area contributed by atoms with Crippen LogP contribution in [0.25, 0.3) is 0 Å². The van der Waals surface area contributed by atoms with Gasteiger partial charge < -0.3 is 10.2 Å². The van der Waals surface area contributed by atoms with Gasteiger partial charge in [0.15, 0.2) is 0 Å². The van der Waals surface area contributed by atoms with Gasteiger partial charge in [-0.15, -0.1) is 0 Å². The van der Waals surface area contributed by atoms with E-state index in [4.69, 9.17) is 0 Å². The maximum Gasteiger partial charge on any atom is 0.327 e. The first-order valence-corrected chi connectivity index (χ1v) is 5.43. The van der Waals surface area contributed by atoms with E-state index in [9.17, 15) is 9.59 Å². The van der Waals surface area contributed by atoms with E-state index in [0.29, 0.717) is 0 Å². The SMILES string of the molecule is C[C@H]1C(=O)N(C2CCNCC2)C(=O)N1C. The van der Waals surface area contributed by atoms with Gasteiger partial charge in [0.25, 0.3) is 5.91 Å². The normalized spacial score (nSPS) is 29.1. The standard InChI is InChI=1S/C10H17N3O2/c1-7-9(14)13(10(15)12(7)2)8-3-5-11-6-4-8/h7-8,11H,3-6H2,1-2H3/t7-/m0/s1. The van der Waals surface area contributed by atoms with Crippen molar-refractivity contribution in [3.63, 3.8) is 0 Å².